The van der Waals surface area contributed by atoms with Crippen molar-refractivity contribution in [2.75, 3.05) is 13.7 Å². The average molecular weight is 128 g/mol. The lowest BCUT2D eigenvalue weighted by atomic mass is 9.94. The van der Waals surface area contributed by atoms with Crippen molar-refractivity contribution in [2.24, 2.45) is 11.3 Å². The van der Waals surface area contributed by atoms with Gasteiger partial charge in [0.1, 0.15) is 0 Å². The molecule has 1 aliphatic rings. The molecule has 0 aromatic rings. The summed E-state index contributed by atoms with van der Waals surface area (Å²) in [6.07, 6.45) is 2.75. The first-order valence-corrected chi connectivity index (χ1v) is 3.70. The minimum atomic E-state index is 0.578. The van der Waals surface area contributed by atoms with E-state index in [1.807, 2.05) is 0 Å². The van der Waals surface area contributed by atoms with Crippen molar-refractivity contribution in [3.05, 3.63) is 0 Å². The molecule has 1 heteroatoms. The van der Waals surface area contributed by atoms with Crippen LogP contribution < -0.4 is 0 Å². The third-order valence-corrected chi connectivity index (χ3v) is 2.55. The van der Waals surface area contributed by atoms with Gasteiger partial charge in [-0.05, 0) is 24.2 Å². The fourth-order valence-corrected chi connectivity index (χ4v) is 1.34. The van der Waals surface area contributed by atoms with E-state index in [0.717, 1.165) is 12.5 Å². The van der Waals surface area contributed by atoms with Gasteiger partial charge in [-0.25, -0.2) is 0 Å². The Bertz CT molecular complexity index is 92.7. The summed E-state index contributed by atoms with van der Waals surface area (Å²) in [6, 6.07) is 0. The van der Waals surface area contributed by atoms with E-state index in [1.165, 1.54) is 12.8 Å². The molecule has 1 aliphatic carbocycles. The molecule has 0 aromatic heterocycles. The van der Waals surface area contributed by atoms with E-state index in [2.05, 4.69) is 13.8 Å². The number of hydrogen-bond acceptors (Lipinski definition) is 1. The number of rotatable bonds is 3. The van der Waals surface area contributed by atoms with E-state index < -0.39 is 0 Å². The van der Waals surface area contributed by atoms with E-state index in [0.29, 0.717) is 5.41 Å². The molecule has 1 nitrogen and oxygen atoms in total. The molecule has 0 amide bonds. The van der Waals surface area contributed by atoms with Gasteiger partial charge in [0.25, 0.3) is 0 Å². The second-order valence-corrected chi connectivity index (χ2v) is 3.45. The highest BCUT2D eigenvalue weighted by molar-refractivity contribution is 4.95. The molecule has 0 aromatic carbocycles. The maximum Gasteiger partial charge on any atom is 0.0521 e. The van der Waals surface area contributed by atoms with Crippen LogP contribution >= 0.6 is 0 Å². The Hall–Kier alpha value is -0.0400. The number of ether oxygens (including phenoxy) is 1. The molecule has 0 saturated heterocycles. The molecule has 0 atom stereocenters. The van der Waals surface area contributed by atoms with Crippen molar-refractivity contribution in [1.82, 2.24) is 0 Å². The van der Waals surface area contributed by atoms with Crippen molar-refractivity contribution in [1.29, 1.82) is 0 Å². The van der Waals surface area contributed by atoms with Gasteiger partial charge in [-0.2, -0.15) is 0 Å². The lowest BCUT2D eigenvalue weighted by Crippen LogP contribution is -2.15. The van der Waals surface area contributed by atoms with Gasteiger partial charge >= 0.3 is 0 Å². The minimum absolute atomic E-state index is 0.578. The Labute approximate surface area is 57.4 Å². The van der Waals surface area contributed by atoms with Gasteiger partial charge in [0.2, 0.25) is 0 Å². The van der Waals surface area contributed by atoms with Gasteiger partial charge in [-0.3, -0.25) is 0 Å². The second-order valence-electron chi connectivity index (χ2n) is 3.45. The number of methoxy groups -OCH3 is 1. The number of hydrogen-bond donors (Lipinski definition) is 0. The van der Waals surface area contributed by atoms with Crippen LogP contribution in [0, 0.1) is 11.3 Å². The van der Waals surface area contributed by atoms with Gasteiger partial charge in [-0.15, -0.1) is 0 Å². The van der Waals surface area contributed by atoms with E-state index in [9.17, 15) is 0 Å². The normalized spacial score (nSPS) is 22.7. The van der Waals surface area contributed by atoms with Crippen molar-refractivity contribution in [2.45, 2.75) is 26.7 Å². The molecule has 0 aliphatic heterocycles. The summed E-state index contributed by atoms with van der Waals surface area (Å²) >= 11 is 0. The third-order valence-electron chi connectivity index (χ3n) is 2.55. The van der Waals surface area contributed by atoms with Gasteiger partial charge in [0, 0.05) is 7.11 Å². The molecular weight excluding hydrogens is 112 g/mol. The quantitative estimate of drug-likeness (QED) is 0.565. The van der Waals surface area contributed by atoms with Gasteiger partial charge in [0.05, 0.1) is 6.61 Å². The van der Waals surface area contributed by atoms with E-state index >= 15 is 0 Å². The Balaban J connectivity index is 2.33. The zero-order valence-corrected chi connectivity index (χ0v) is 6.61. The van der Waals surface area contributed by atoms with Crippen molar-refractivity contribution >= 4 is 0 Å². The fraction of sp³-hybridized carbons (Fsp3) is 1.00. The van der Waals surface area contributed by atoms with Crippen LogP contribution in [-0.2, 0) is 4.74 Å². The first-order chi connectivity index (χ1) is 4.21. The summed E-state index contributed by atoms with van der Waals surface area (Å²) in [6.45, 7) is 5.53. The molecule has 9 heavy (non-hydrogen) atoms. The monoisotopic (exact) mass is 128 g/mol. The predicted molar refractivity (Wildman–Crippen MR) is 38.4 cm³/mol. The molecule has 0 heterocycles. The Morgan fingerprint density at radius 1 is 1.44 bits per heavy atom. The zero-order valence-electron chi connectivity index (χ0n) is 6.61. The molecule has 1 fully saturated rings. The lowest BCUT2D eigenvalue weighted by Gasteiger charge is -2.17. The topological polar surface area (TPSA) is 9.23 Å². The molecule has 0 N–H and O–H groups in total. The molecule has 54 valence electrons. The minimum Gasteiger partial charge on any atom is -0.384 e. The van der Waals surface area contributed by atoms with Gasteiger partial charge in [-0.1, -0.05) is 13.8 Å². The molecular formula is C8H16O. The molecule has 0 unspecified atom stereocenters. The highest BCUT2D eigenvalue weighted by Crippen LogP contribution is 2.51. The summed E-state index contributed by atoms with van der Waals surface area (Å²) in [5.41, 5.74) is 0.578. The highest BCUT2D eigenvalue weighted by Gasteiger charge is 2.45. The van der Waals surface area contributed by atoms with Crippen LogP contribution in [0.3, 0.4) is 0 Å². The van der Waals surface area contributed by atoms with E-state index in [1.54, 1.807) is 7.11 Å². The molecule has 0 bridgehead atoms. The average Bonchev–Trinajstić information content (AvgIpc) is 2.49. The zero-order chi connectivity index (χ0) is 6.91. The van der Waals surface area contributed by atoms with E-state index in [-0.39, 0.29) is 0 Å². The summed E-state index contributed by atoms with van der Waals surface area (Å²) in [4.78, 5) is 0. The van der Waals surface area contributed by atoms with Gasteiger partial charge < -0.3 is 4.74 Å². The SMILES string of the molecule is COCC1(C(C)C)CC1. The first kappa shape index (κ1) is 7.07. The summed E-state index contributed by atoms with van der Waals surface area (Å²) < 4.78 is 5.13. The van der Waals surface area contributed by atoms with Crippen LogP contribution in [-0.4, -0.2) is 13.7 Å². The maximum absolute atomic E-state index is 5.13. The Morgan fingerprint density at radius 2 is 2.00 bits per heavy atom. The Kier molecular flexibility index (Phi) is 1.80. The summed E-state index contributed by atoms with van der Waals surface area (Å²) in [5, 5.41) is 0. The smallest absolute Gasteiger partial charge is 0.0521 e. The van der Waals surface area contributed by atoms with Crippen LogP contribution in [0.5, 0.6) is 0 Å². The van der Waals surface area contributed by atoms with Crippen molar-refractivity contribution in [3.63, 3.8) is 0 Å². The largest absolute Gasteiger partial charge is 0.384 e. The second kappa shape index (κ2) is 2.30. The molecule has 0 spiro atoms. The van der Waals surface area contributed by atoms with E-state index in [4.69, 9.17) is 4.74 Å². The van der Waals surface area contributed by atoms with Crippen molar-refractivity contribution in [3.8, 4) is 0 Å². The van der Waals surface area contributed by atoms with Crippen LogP contribution in [0.15, 0.2) is 0 Å². The lowest BCUT2D eigenvalue weighted by molar-refractivity contribution is 0.115. The summed E-state index contributed by atoms with van der Waals surface area (Å²) in [7, 11) is 1.79. The molecule has 1 saturated carbocycles. The van der Waals surface area contributed by atoms with Crippen LogP contribution in [0.1, 0.15) is 26.7 Å². The fourth-order valence-electron chi connectivity index (χ4n) is 1.34. The third kappa shape index (κ3) is 1.26. The molecule has 0 radical (unpaired) electrons. The first-order valence-electron chi connectivity index (χ1n) is 3.70. The van der Waals surface area contributed by atoms with Crippen LogP contribution in [0.2, 0.25) is 0 Å². The standard InChI is InChI=1S/C8H16O/c1-7(2)8(4-5-8)6-9-3/h7H,4-6H2,1-3H3. The van der Waals surface area contributed by atoms with Crippen LogP contribution in [0.4, 0.5) is 0 Å². The predicted octanol–water partition coefficient (Wildman–Crippen LogP) is 2.07. The Morgan fingerprint density at radius 3 is 2.11 bits per heavy atom. The summed E-state index contributed by atoms with van der Waals surface area (Å²) in [5.74, 6) is 0.803. The van der Waals surface area contributed by atoms with Crippen LogP contribution in [0.25, 0.3) is 0 Å². The van der Waals surface area contributed by atoms with Crippen molar-refractivity contribution < 1.29 is 4.74 Å². The highest BCUT2D eigenvalue weighted by atomic mass is 16.5. The maximum atomic E-state index is 5.13. The van der Waals surface area contributed by atoms with Gasteiger partial charge in [0.15, 0.2) is 0 Å². The molecule has 1 rings (SSSR count).